The third kappa shape index (κ3) is 2.10. The molecule has 19 heavy (non-hydrogen) atoms. The molecule has 102 valence electrons. The Morgan fingerprint density at radius 3 is 2.47 bits per heavy atom. The van der Waals surface area contributed by atoms with Crippen molar-refractivity contribution in [3.8, 4) is 11.5 Å². The Balaban J connectivity index is 1.91. The van der Waals surface area contributed by atoms with E-state index in [1.54, 1.807) is 12.1 Å². The number of rotatable bonds is 1. The number of nitrogens with zero attached hydrogens (tertiary/aromatic N) is 1. The van der Waals surface area contributed by atoms with Crippen LogP contribution in [0.4, 0.5) is 0 Å². The number of halogens is 1. The van der Waals surface area contributed by atoms with Crippen LogP contribution in [0.3, 0.4) is 0 Å². The molecule has 3 rings (SSSR count). The van der Waals surface area contributed by atoms with Crippen molar-refractivity contribution in [3.63, 3.8) is 0 Å². The predicted molar refractivity (Wildman–Crippen MR) is 74.7 cm³/mol. The van der Waals surface area contributed by atoms with Gasteiger partial charge in [0.05, 0.1) is 5.56 Å². The second kappa shape index (κ2) is 4.71. The zero-order chi connectivity index (χ0) is 13.6. The van der Waals surface area contributed by atoms with E-state index in [4.69, 9.17) is 0 Å². The molecule has 2 bridgehead atoms. The lowest BCUT2D eigenvalue weighted by molar-refractivity contribution is 0.0600. The van der Waals surface area contributed by atoms with Gasteiger partial charge in [0.2, 0.25) is 0 Å². The summed E-state index contributed by atoms with van der Waals surface area (Å²) in [6.45, 7) is 0. The SMILES string of the molecule is O=C(c1cccc(O)c1O)N1C2CCC1CC(Br)C2. The average Bonchev–Trinajstić information content (AvgIpc) is 2.64. The predicted octanol–water partition coefficient (Wildman–Crippen LogP) is 2.63. The minimum Gasteiger partial charge on any atom is -0.504 e. The molecule has 0 spiro atoms. The number of para-hydroxylation sites is 1. The van der Waals surface area contributed by atoms with Gasteiger partial charge in [-0.15, -0.1) is 0 Å². The Morgan fingerprint density at radius 1 is 1.21 bits per heavy atom. The summed E-state index contributed by atoms with van der Waals surface area (Å²) in [6, 6.07) is 5.03. The number of phenolic OH excluding ortho intramolecular Hbond substituents is 2. The molecule has 4 nitrogen and oxygen atoms in total. The van der Waals surface area contributed by atoms with Crippen molar-refractivity contribution in [2.75, 3.05) is 0 Å². The minimum atomic E-state index is -0.312. The van der Waals surface area contributed by atoms with Gasteiger partial charge in [-0.1, -0.05) is 22.0 Å². The summed E-state index contributed by atoms with van der Waals surface area (Å²) in [5.41, 5.74) is 0.199. The zero-order valence-electron chi connectivity index (χ0n) is 10.4. The van der Waals surface area contributed by atoms with Crippen molar-refractivity contribution in [1.29, 1.82) is 0 Å². The number of piperidine rings is 1. The van der Waals surface area contributed by atoms with Crippen molar-refractivity contribution >= 4 is 21.8 Å². The molecule has 1 aromatic rings. The largest absolute Gasteiger partial charge is 0.504 e. The lowest BCUT2D eigenvalue weighted by atomic mass is 10.0. The summed E-state index contributed by atoms with van der Waals surface area (Å²) >= 11 is 3.64. The molecule has 0 radical (unpaired) electrons. The molecule has 2 atom stereocenters. The molecule has 0 aliphatic carbocycles. The molecule has 2 unspecified atom stereocenters. The molecular formula is C14H16BrNO3. The van der Waals surface area contributed by atoms with Gasteiger partial charge in [0.1, 0.15) is 0 Å². The van der Waals surface area contributed by atoms with E-state index in [0.29, 0.717) is 4.83 Å². The lowest BCUT2D eigenvalue weighted by Crippen LogP contribution is -2.46. The van der Waals surface area contributed by atoms with E-state index in [9.17, 15) is 15.0 Å². The van der Waals surface area contributed by atoms with Crippen molar-refractivity contribution in [2.24, 2.45) is 0 Å². The molecule has 1 amide bonds. The van der Waals surface area contributed by atoms with Crippen molar-refractivity contribution in [3.05, 3.63) is 23.8 Å². The number of benzene rings is 1. The molecule has 2 saturated heterocycles. The van der Waals surface area contributed by atoms with Gasteiger partial charge < -0.3 is 15.1 Å². The highest BCUT2D eigenvalue weighted by molar-refractivity contribution is 9.09. The van der Waals surface area contributed by atoms with Crippen LogP contribution >= 0.6 is 15.9 Å². The van der Waals surface area contributed by atoms with Gasteiger partial charge in [0.25, 0.3) is 5.91 Å². The van der Waals surface area contributed by atoms with Crippen LogP contribution in [0.5, 0.6) is 11.5 Å². The minimum absolute atomic E-state index is 0.166. The molecule has 2 N–H and O–H groups in total. The topological polar surface area (TPSA) is 60.8 Å². The first-order chi connectivity index (χ1) is 9.08. The maximum absolute atomic E-state index is 12.6. The van der Waals surface area contributed by atoms with Gasteiger partial charge in [0.15, 0.2) is 11.5 Å². The van der Waals surface area contributed by atoms with Gasteiger partial charge in [-0.2, -0.15) is 0 Å². The third-order valence-electron chi connectivity index (χ3n) is 4.16. The number of hydrogen-bond donors (Lipinski definition) is 2. The summed E-state index contributed by atoms with van der Waals surface area (Å²) in [4.78, 5) is 15.0. The first-order valence-corrected chi connectivity index (χ1v) is 7.47. The summed E-state index contributed by atoms with van der Waals surface area (Å²) in [7, 11) is 0. The van der Waals surface area contributed by atoms with E-state index in [1.807, 2.05) is 4.90 Å². The van der Waals surface area contributed by atoms with E-state index in [-0.39, 0.29) is 35.1 Å². The van der Waals surface area contributed by atoms with Gasteiger partial charge in [0, 0.05) is 16.9 Å². The first-order valence-electron chi connectivity index (χ1n) is 6.55. The number of fused-ring (bicyclic) bond motifs is 2. The Morgan fingerprint density at radius 2 is 1.84 bits per heavy atom. The van der Waals surface area contributed by atoms with E-state index < -0.39 is 0 Å². The summed E-state index contributed by atoms with van der Waals surface area (Å²) in [5, 5.41) is 19.3. The fourth-order valence-corrected chi connectivity index (χ4v) is 4.15. The van der Waals surface area contributed by atoms with Crippen molar-refractivity contribution in [1.82, 2.24) is 4.90 Å². The summed E-state index contributed by atoms with van der Waals surface area (Å²) < 4.78 is 0. The molecule has 2 heterocycles. The van der Waals surface area contributed by atoms with E-state index in [2.05, 4.69) is 15.9 Å². The van der Waals surface area contributed by atoms with Crippen LogP contribution in [0.1, 0.15) is 36.0 Å². The number of hydrogen-bond acceptors (Lipinski definition) is 3. The number of amides is 1. The van der Waals surface area contributed by atoms with Crippen LogP contribution in [-0.2, 0) is 0 Å². The quantitative estimate of drug-likeness (QED) is 0.616. The van der Waals surface area contributed by atoms with Gasteiger partial charge >= 0.3 is 0 Å². The number of carbonyl (C=O) groups is 1. The van der Waals surface area contributed by atoms with Crippen molar-refractivity contribution < 1.29 is 15.0 Å². The molecule has 0 aromatic heterocycles. The number of carbonyl (C=O) groups excluding carboxylic acids is 1. The van der Waals surface area contributed by atoms with Crippen LogP contribution in [-0.4, -0.2) is 37.9 Å². The standard InChI is InChI=1S/C14H16BrNO3/c15-8-6-9-4-5-10(7-8)16(9)14(19)11-2-1-3-12(17)13(11)18/h1-3,8-10,17-18H,4-7H2. The Labute approximate surface area is 120 Å². The second-order valence-electron chi connectivity index (χ2n) is 5.34. The second-order valence-corrected chi connectivity index (χ2v) is 6.63. The highest BCUT2D eigenvalue weighted by Gasteiger charge is 2.43. The molecule has 2 aliphatic rings. The fraction of sp³-hybridized carbons (Fsp3) is 0.500. The molecular weight excluding hydrogens is 310 g/mol. The van der Waals surface area contributed by atoms with Crippen LogP contribution in [0.25, 0.3) is 0 Å². The molecule has 2 aliphatic heterocycles. The van der Waals surface area contributed by atoms with Crippen molar-refractivity contribution in [2.45, 2.75) is 42.6 Å². The van der Waals surface area contributed by atoms with E-state index in [1.165, 1.54) is 6.07 Å². The van der Waals surface area contributed by atoms with Gasteiger partial charge in [-0.25, -0.2) is 0 Å². The van der Waals surface area contributed by atoms with E-state index >= 15 is 0 Å². The molecule has 2 fully saturated rings. The highest BCUT2D eigenvalue weighted by Crippen LogP contribution is 2.40. The maximum atomic E-state index is 12.6. The number of alkyl halides is 1. The number of phenols is 2. The molecule has 1 aromatic carbocycles. The normalized spacial score (nSPS) is 29.5. The third-order valence-corrected chi connectivity index (χ3v) is 4.90. The summed E-state index contributed by atoms with van der Waals surface area (Å²) in [5.74, 6) is -0.721. The fourth-order valence-electron chi connectivity index (χ4n) is 3.29. The first kappa shape index (κ1) is 12.8. The van der Waals surface area contributed by atoms with Gasteiger partial charge in [-0.05, 0) is 37.8 Å². The van der Waals surface area contributed by atoms with Crippen LogP contribution in [0.2, 0.25) is 0 Å². The molecule has 0 saturated carbocycles. The van der Waals surface area contributed by atoms with E-state index in [0.717, 1.165) is 25.7 Å². The summed E-state index contributed by atoms with van der Waals surface area (Å²) in [6.07, 6.45) is 3.97. The molecule has 5 heteroatoms. The van der Waals surface area contributed by atoms with Crippen LogP contribution in [0, 0.1) is 0 Å². The lowest BCUT2D eigenvalue weighted by Gasteiger charge is -2.37. The Bertz CT molecular complexity index is 505. The Hall–Kier alpha value is -1.23. The smallest absolute Gasteiger partial charge is 0.258 e. The van der Waals surface area contributed by atoms with Crippen LogP contribution in [0.15, 0.2) is 18.2 Å². The monoisotopic (exact) mass is 325 g/mol. The van der Waals surface area contributed by atoms with Crippen LogP contribution < -0.4 is 0 Å². The maximum Gasteiger partial charge on any atom is 0.258 e. The average molecular weight is 326 g/mol. The van der Waals surface area contributed by atoms with Gasteiger partial charge in [-0.3, -0.25) is 4.79 Å². The Kier molecular flexibility index (Phi) is 3.17. The number of aromatic hydroxyl groups is 2. The zero-order valence-corrected chi connectivity index (χ0v) is 12.0. The highest BCUT2D eigenvalue weighted by atomic mass is 79.9.